The van der Waals surface area contributed by atoms with Crippen molar-refractivity contribution in [3.63, 3.8) is 0 Å². The van der Waals surface area contributed by atoms with Gasteiger partial charge in [-0.15, -0.1) is 6.58 Å². The molecule has 0 aromatic heterocycles. The zero-order valence-corrected chi connectivity index (χ0v) is 34.2. The van der Waals surface area contributed by atoms with Crippen LogP contribution < -0.4 is 0 Å². The van der Waals surface area contributed by atoms with Gasteiger partial charge in [-0.3, -0.25) is 0 Å². The van der Waals surface area contributed by atoms with E-state index in [9.17, 15) is 0 Å². The molecular formula is C48H57BO5Si. The topological polar surface area (TPSA) is 46.2 Å². The monoisotopic (exact) mass is 752 g/mol. The average Bonchev–Trinajstić information content (AvgIpc) is 3.70. The number of rotatable bonds is 19. The van der Waals surface area contributed by atoms with Crippen LogP contribution in [0, 0.1) is 0 Å². The number of aryl methyl sites for hydroxylation is 1. The smallest absolute Gasteiger partial charge is 0.414 e. The summed E-state index contributed by atoms with van der Waals surface area (Å²) < 4.78 is 36.3. The van der Waals surface area contributed by atoms with Gasteiger partial charge in [-0.1, -0.05) is 179 Å². The fourth-order valence-electron chi connectivity index (χ4n) is 8.74. The number of ether oxygens (including phenoxy) is 2. The summed E-state index contributed by atoms with van der Waals surface area (Å²) >= 11 is 0. The standard InChI is InChI=1S/C48H57BO5Si/c1-7-43(44(54-55(8-2,9-3)10-4)37-36-38-26-16-11-17-27-38)49-52-45(47(50-5,39-28-18-12-19-29-39)40-30-20-13-21-31-40)46(53-49)48(51-6,41-32-22-14-23-33-41)42-34-24-15-25-35-42/h7,11-35,43-46H,1,8-10,36-37H2,2-6H3/t43-,44+,45-,46-/m1/s1. The van der Waals surface area contributed by atoms with Crippen molar-refractivity contribution >= 4 is 15.4 Å². The van der Waals surface area contributed by atoms with Gasteiger partial charge in [-0.2, -0.15) is 0 Å². The maximum absolute atomic E-state index is 7.53. The molecular weight excluding hydrogens is 695 g/mol. The summed E-state index contributed by atoms with van der Waals surface area (Å²) in [6.45, 7) is 11.3. The van der Waals surface area contributed by atoms with E-state index in [4.69, 9.17) is 23.2 Å². The maximum atomic E-state index is 7.53. The van der Waals surface area contributed by atoms with Gasteiger partial charge < -0.3 is 23.2 Å². The summed E-state index contributed by atoms with van der Waals surface area (Å²) in [5.41, 5.74) is 2.89. The van der Waals surface area contributed by atoms with Crippen LogP contribution in [0.25, 0.3) is 0 Å². The van der Waals surface area contributed by atoms with Gasteiger partial charge in [0.1, 0.15) is 23.4 Å². The summed E-state index contributed by atoms with van der Waals surface area (Å²) in [7, 11) is 0.727. The lowest BCUT2D eigenvalue weighted by atomic mass is 9.67. The average molecular weight is 753 g/mol. The lowest BCUT2D eigenvalue weighted by Crippen LogP contribution is -2.56. The quantitative estimate of drug-likeness (QED) is 0.0621. The molecule has 0 aliphatic carbocycles. The van der Waals surface area contributed by atoms with E-state index in [0.29, 0.717) is 0 Å². The van der Waals surface area contributed by atoms with Crippen LogP contribution in [0.15, 0.2) is 164 Å². The second kappa shape index (κ2) is 18.7. The molecule has 6 rings (SSSR count). The van der Waals surface area contributed by atoms with Gasteiger partial charge in [0.25, 0.3) is 0 Å². The molecule has 7 heteroatoms. The predicted molar refractivity (Wildman–Crippen MR) is 228 cm³/mol. The molecule has 55 heavy (non-hydrogen) atoms. The molecule has 0 bridgehead atoms. The number of hydrogen-bond acceptors (Lipinski definition) is 5. The van der Waals surface area contributed by atoms with E-state index in [1.165, 1.54) is 5.56 Å². The van der Waals surface area contributed by atoms with Crippen LogP contribution in [0.1, 0.15) is 55.0 Å². The van der Waals surface area contributed by atoms with Gasteiger partial charge in [-0.25, -0.2) is 0 Å². The molecule has 5 nitrogen and oxygen atoms in total. The number of hydrogen-bond donors (Lipinski definition) is 0. The van der Waals surface area contributed by atoms with E-state index < -0.39 is 38.8 Å². The summed E-state index contributed by atoms with van der Waals surface area (Å²) in [6, 6.07) is 55.2. The maximum Gasteiger partial charge on any atom is 0.467 e. The van der Waals surface area contributed by atoms with Gasteiger partial charge in [0.05, 0.1) is 6.10 Å². The van der Waals surface area contributed by atoms with E-state index in [1.54, 1.807) is 14.2 Å². The van der Waals surface area contributed by atoms with Crippen LogP contribution in [-0.2, 0) is 40.8 Å². The van der Waals surface area contributed by atoms with Crippen LogP contribution in [0.2, 0.25) is 23.9 Å². The molecule has 1 fully saturated rings. The zero-order chi connectivity index (χ0) is 38.7. The molecule has 0 unspecified atom stereocenters. The third-order valence-electron chi connectivity index (χ3n) is 12.0. The van der Waals surface area contributed by atoms with Crippen LogP contribution in [0.4, 0.5) is 0 Å². The van der Waals surface area contributed by atoms with E-state index in [2.05, 4.69) is 155 Å². The molecule has 5 aromatic carbocycles. The predicted octanol–water partition coefficient (Wildman–Crippen LogP) is 11.0. The summed E-state index contributed by atoms with van der Waals surface area (Å²) in [6.07, 6.45) is 2.07. The van der Waals surface area contributed by atoms with Gasteiger partial charge in [0.2, 0.25) is 0 Å². The first kappa shape index (κ1) is 40.6. The Hall–Kier alpha value is -4.08. The van der Waals surface area contributed by atoms with Gasteiger partial charge in [0, 0.05) is 20.0 Å². The third kappa shape index (κ3) is 8.11. The highest BCUT2D eigenvalue weighted by Gasteiger charge is 2.63. The lowest BCUT2D eigenvalue weighted by molar-refractivity contribution is -0.136. The molecule has 0 saturated carbocycles. The minimum Gasteiger partial charge on any atom is -0.414 e. The Labute approximate surface area is 330 Å². The Balaban J connectivity index is 1.57. The summed E-state index contributed by atoms with van der Waals surface area (Å²) in [5.74, 6) is -0.296. The Kier molecular flexibility index (Phi) is 13.8. The first-order chi connectivity index (χ1) is 26.9. The summed E-state index contributed by atoms with van der Waals surface area (Å²) in [5, 5.41) is 0. The Bertz CT molecular complexity index is 1690. The molecule has 1 saturated heterocycles. The molecule has 5 aromatic rings. The van der Waals surface area contributed by atoms with E-state index in [1.807, 2.05) is 30.3 Å². The fourth-order valence-corrected chi connectivity index (χ4v) is 11.7. The molecule has 0 radical (unpaired) electrons. The van der Waals surface area contributed by atoms with Gasteiger partial charge in [-0.05, 0) is 58.8 Å². The molecule has 1 heterocycles. The van der Waals surface area contributed by atoms with E-state index in [-0.39, 0.29) is 11.9 Å². The number of methoxy groups -OCH3 is 2. The van der Waals surface area contributed by atoms with Crippen molar-refractivity contribution in [2.24, 2.45) is 0 Å². The molecule has 286 valence electrons. The van der Waals surface area contributed by atoms with Crippen LogP contribution in [0.5, 0.6) is 0 Å². The Morgan fingerprint density at radius 3 is 1.25 bits per heavy atom. The first-order valence-corrected chi connectivity index (χ1v) is 22.5. The van der Waals surface area contributed by atoms with E-state index >= 15 is 0 Å². The number of benzene rings is 5. The largest absolute Gasteiger partial charge is 0.467 e. The van der Waals surface area contributed by atoms with Crippen LogP contribution in [0.3, 0.4) is 0 Å². The van der Waals surface area contributed by atoms with Crippen molar-refractivity contribution in [2.75, 3.05) is 14.2 Å². The minimum atomic E-state index is -2.09. The first-order valence-electron chi connectivity index (χ1n) is 19.9. The van der Waals surface area contributed by atoms with Gasteiger partial charge >= 0.3 is 7.12 Å². The highest BCUT2D eigenvalue weighted by atomic mass is 28.4. The minimum absolute atomic E-state index is 0.190. The van der Waals surface area contributed by atoms with Crippen LogP contribution in [-0.4, -0.2) is 48.0 Å². The van der Waals surface area contributed by atoms with Crippen molar-refractivity contribution in [3.05, 3.63) is 192 Å². The van der Waals surface area contributed by atoms with E-state index in [0.717, 1.165) is 53.2 Å². The zero-order valence-electron chi connectivity index (χ0n) is 33.2. The molecule has 4 atom stereocenters. The molecule has 0 spiro atoms. The van der Waals surface area contributed by atoms with Crippen molar-refractivity contribution < 1.29 is 23.2 Å². The fraction of sp³-hybridized carbons (Fsp3) is 0.333. The molecule has 0 amide bonds. The van der Waals surface area contributed by atoms with Crippen molar-refractivity contribution in [2.45, 2.75) is 87.1 Å². The summed E-state index contributed by atoms with van der Waals surface area (Å²) in [4.78, 5) is 0. The van der Waals surface area contributed by atoms with Gasteiger partial charge in [0.15, 0.2) is 8.32 Å². The Morgan fingerprint density at radius 2 is 0.945 bits per heavy atom. The highest BCUT2D eigenvalue weighted by molar-refractivity contribution is 6.73. The third-order valence-corrected chi connectivity index (χ3v) is 16.7. The highest BCUT2D eigenvalue weighted by Crippen LogP contribution is 2.52. The molecule has 0 N–H and O–H groups in total. The van der Waals surface area contributed by atoms with Crippen molar-refractivity contribution in [1.82, 2.24) is 0 Å². The SMILES string of the molecule is C=C[C@@H](B1O[C@@H](C(OC)(c2ccccc2)c2ccccc2)[C@H](C(OC)(c2ccccc2)c2ccccc2)O1)[C@H](CCc1ccccc1)O[Si](CC)(CC)CC. The Morgan fingerprint density at radius 1 is 0.600 bits per heavy atom. The lowest BCUT2D eigenvalue weighted by Gasteiger charge is -2.47. The molecule has 1 aliphatic rings. The second-order valence-corrected chi connectivity index (χ2v) is 19.3. The second-order valence-electron chi connectivity index (χ2n) is 14.6. The normalized spacial score (nSPS) is 17.5. The van der Waals surface area contributed by atoms with Crippen LogP contribution >= 0.6 is 0 Å². The molecule has 1 aliphatic heterocycles. The van der Waals surface area contributed by atoms with Crippen molar-refractivity contribution in [1.29, 1.82) is 0 Å². The van der Waals surface area contributed by atoms with Crippen molar-refractivity contribution in [3.8, 4) is 0 Å².